The Kier molecular flexibility index (Phi) is 3.18. The molecule has 0 saturated carbocycles. The molecule has 0 aliphatic heterocycles. The molecular weight excluding hydrogens is 252 g/mol. The summed E-state index contributed by atoms with van der Waals surface area (Å²) in [5.74, 6) is 0.520. The summed E-state index contributed by atoms with van der Waals surface area (Å²) >= 11 is 0. The average Bonchev–Trinajstić information content (AvgIpc) is 2.88. The average molecular weight is 270 g/mol. The molecule has 1 aromatic heterocycles. The van der Waals surface area contributed by atoms with Gasteiger partial charge in [0.15, 0.2) is 0 Å². The first-order valence-corrected chi connectivity index (χ1v) is 6.80. The maximum atomic E-state index is 12.0. The zero-order valence-corrected chi connectivity index (χ0v) is 11.7. The predicted molar refractivity (Wildman–Crippen MR) is 80.9 cm³/mol. The molecule has 20 heavy (non-hydrogen) atoms. The van der Waals surface area contributed by atoms with Crippen LogP contribution >= 0.6 is 0 Å². The summed E-state index contributed by atoms with van der Waals surface area (Å²) in [5.41, 5.74) is 3.77. The van der Waals surface area contributed by atoms with Crippen LogP contribution in [0.2, 0.25) is 0 Å². The number of hydrogen-bond acceptors (Lipinski definition) is 4. The quantitative estimate of drug-likeness (QED) is 0.896. The van der Waals surface area contributed by atoms with Crippen LogP contribution in [0.3, 0.4) is 0 Å². The molecule has 0 amide bonds. The number of hydrogen-bond donors (Lipinski definition) is 2. The molecule has 0 fully saturated rings. The monoisotopic (exact) mass is 270 g/mol. The molecule has 0 saturated heterocycles. The van der Waals surface area contributed by atoms with E-state index in [1.165, 1.54) is 0 Å². The number of benzene rings is 1. The number of aryl methyl sites for hydroxylation is 1. The number of aromatic nitrogens is 2. The second-order valence-electron chi connectivity index (χ2n) is 5.26. The van der Waals surface area contributed by atoms with E-state index in [1.807, 2.05) is 43.3 Å². The molecule has 3 rings (SSSR count). The van der Waals surface area contributed by atoms with Crippen molar-refractivity contribution in [1.29, 1.82) is 0 Å². The summed E-state index contributed by atoms with van der Waals surface area (Å²) in [5, 5.41) is 3.18. The molecule has 5 nitrogen and oxygen atoms in total. The molecule has 5 heteroatoms. The summed E-state index contributed by atoms with van der Waals surface area (Å²) in [7, 11) is 3.99. The van der Waals surface area contributed by atoms with E-state index in [2.05, 4.69) is 15.3 Å². The Balaban J connectivity index is 1.90. The fourth-order valence-electron chi connectivity index (χ4n) is 2.50. The molecule has 1 aromatic carbocycles. The summed E-state index contributed by atoms with van der Waals surface area (Å²) in [4.78, 5) is 21.3. The number of nitrogens with zero attached hydrogens (tertiary/aromatic N) is 2. The number of aromatic amines is 1. The molecule has 0 bridgehead atoms. The first-order valence-electron chi connectivity index (χ1n) is 6.80. The Morgan fingerprint density at radius 2 is 2.15 bits per heavy atom. The standard InChI is InChI=1S/C15H18N4O/c1-19(2)11-6-3-5-10(9-11)16-15-17-13-8-4-7-12(13)14(20)18-15/h3,5-6,9H,4,7-8H2,1-2H3,(H2,16,17,18,20). The van der Waals surface area contributed by atoms with Crippen molar-refractivity contribution in [3.8, 4) is 0 Å². The lowest BCUT2D eigenvalue weighted by molar-refractivity contribution is 0.899. The van der Waals surface area contributed by atoms with Gasteiger partial charge in [-0.1, -0.05) is 6.07 Å². The van der Waals surface area contributed by atoms with E-state index in [0.717, 1.165) is 41.9 Å². The SMILES string of the molecule is CN(C)c1cccc(Nc2nc3c(c(=O)[nH]2)CCC3)c1. The molecule has 0 spiro atoms. The molecule has 1 heterocycles. The molecule has 2 N–H and O–H groups in total. The Bertz CT molecular complexity index is 691. The molecular formula is C15H18N4O. The largest absolute Gasteiger partial charge is 0.378 e. The number of rotatable bonds is 3. The minimum atomic E-state index is -0.0150. The topological polar surface area (TPSA) is 61.0 Å². The van der Waals surface area contributed by atoms with E-state index >= 15 is 0 Å². The van der Waals surface area contributed by atoms with Crippen LogP contribution in [0.25, 0.3) is 0 Å². The molecule has 1 aliphatic carbocycles. The van der Waals surface area contributed by atoms with Gasteiger partial charge in [0.2, 0.25) is 5.95 Å². The van der Waals surface area contributed by atoms with Crippen molar-refractivity contribution in [1.82, 2.24) is 9.97 Å². The zero-order chi connectivity index (χ0) is 14.1. The summed E-state index contributed by atoms with van der Waals surface area (Å²) in [6.45, 7) is 0. The van der Waals surface area contributed by atoms with Crippen molar-refractivity contribution in [2.75, 3.05) is 24.3 Å². The maximum Gasteiger partial charge on any atom is 0.255 e. The van der Waals surface area contributed by atoms with Crippen molar-refractivity contribution in [3.05, 3.63) is 45.9 Å². The van der Waals surface area contributed by atoms with Gasteiger partial charge in [-0.05, 0) is 37.5 Å². The third-order valence-corrected chi connectivity index (χ3v) is 3.57. The normalized spacial score (nSPS) is 13.1. The first kappa shape index (κ1) is 12.7. The summed E-state index contributed by atoms with van der Waals surface area (Å²) < 4.78 is 0. The van der Waals surface area contributed by atoms with Crippen molar-refractivity contribution in [2.24, 2.45) is 0 Å². The van der Waals surface area contributed by atoms with Crippen LogP contribution in [0.1, 0.15) is 17.7 Å². The number of nitrogens with one attached hydrogen (secondary N) is 2. The Morgan fingerprint density at radius 3 is 2.95 bits per heavy atom. The van der Waals surface area contributed by atoms with E-state index < -0.39 is 0 Å². The van der Waals surface area contributed by atoms with E-state index in [9.17, 15) is 4.79 Å². The van der Waals surface area contributed by atoms with Crippen molar-refractivity contribution in [2.45, 2.75) is 19.3 Å². The van der Waals surface area contributed by atoms with E-state index in [1.54, 1.807) is 0 Å². The van der Waals surface area contributed by atoms with Crippen LogP contribution < -0.4 is 15.8 Å². The Hall–Kier alpha value is -2.30. The van der Waals surface area contributed by atoms with Crippen molar-refractivity contribution in [3.63, 3.8) is 0 Å². The van der Waals surface area contributed by atoms with Crippen LogP contribution in [0, 0.1) is 0 Å². The highest BCUT2D eigenvalue weighted by molar-refractivity contribution is 5.61. The van der Waals surface area contributed by atoms with Crippen molar-refractivity contribution >= 4 is 17.3 Å². The van der Waals surface area contributed by atoms with E-state index in [4.69, 9.17) is 0 Å². The van der Waals surface area contributed by atoms with Gasteiger partial charge in [0.1, 0.15) is 0 Å². The highest BCUT2D eigenvalue weighted by atomic mass is 16.1. The lowest BCUT2D eigenvalue weighted by Gasteiger charge is -2.14. The lowest BCUT2D eigenvalue weighted by Crippen LogP contribution is -2.16. The second kappa shape index (κ2) is 5.00. The van der Waals surface area contributed by atoms with Gasteiger partial charge in [0.05, 0.1) is 5.69 Å². The first-order chi connectivity index (χ1) is 9.63. The van der Waals surface area contributed by atoms with Gasteiger partial charge in [-0.25, -0.2) is 4.98 Å². The zero-order valence-electron chi connectivity index (χ0n) is 11.7. The fraction of sp³-hybridized carbons (Fsp3) is 0.333. The van der Waals surface area contributed by atoms with Gasteiger partial charge in [0.25, 0.3) is 5.56 Å². The number of fused-ring (bicyclic) bond motifs is 1. The Labute approximate surface area is 117 Å². The predicted octanol–water partition coefficient (Wildman–Crippen LogP) is 2.07. The molecule has 1 aliphatic rings. The smallest absolute Gasteiger partial charge is 0.255 e. The van der Waals surface area contributed by atoms with Gasteiger partial charge < -0.3 is 10.2 Å². The van der Waals surface area contributed by atoms with Crippen LogP contribution in [-0.4, -0.2) is 24.1 Å². The van der Waals surface area contributed by atoms with Gasteiger partial charge in [-0.15, -0.1) is 0 Å². The van der Waals surface area contributed by atoms with Crippen molar-refractivity contribution < 1.29 is 0 Å². The highest BCUT2D eigenvalue weighted by Crippen LogP contribution is 2.21. The van der Waals surface area contributed by atoms with Crippen LogP contribution in [0.4, 0.5) is 17.3 Å². The lowest BCUT2D eigenvalue weighted by atomic mass is 10.2. The third-order valence-electron chi connectivity index (χ3n) is 3.57. The molecule has 0 atom stereocenters. The second-order valence-corrected chi connectivity index (χ2v) is 5.26. The number of anilines is 3. The van der Waals surface area contributed by atoms with Gasteiger partial charge >= 0.3 is 0 Å². The minimum Gasteiger partial charge on any atom is -0.378 e. The maximum absolute atomic E-state index is 12.0. The minimum absolute atomic E-state index is 0.0150. The van der Waals surface area contributed by atoms with E-state index in [0.29, 0.717) is 5.95 Å². The molecule has 104 valence electrons. The van der Waals surface area contributed by atoms with Crippen LogP contribution in [0.5, 0.6) is 0 Å². The third kappa shape index (κ3) is 2.39. The molecule has 0 radical (unpaired) electrons. The van der Waals surface area contributed by atoms with Gasteiger partial charge in [0, 0.05) is 31.0 Å². The summed E-state index contributed by atoms with van der Waals surface area (Å²) in [6, 6.07) is 7.99. The van der Waals surface area contributed by atoms with E-state index in [-0.39, 0.29) is 5.56 Å². The Morgan fingerprint density at radius 1 is 1.30 bits per heavy atom. The number of H-pyrrole nitrogens is 1. The molecule has 0 unspecified atom stereocenters. The van der Waals surface area contributed by atoms with Crippen LogP contribution in [0.15, 0.2) is 29.1 Å². The summed E-state index contributed by atoms with van der Waals surface area (Å²) in [6.07, 6.45) is 2.75. The van der Waals surface area contributed by atoms with Crippen LogP contribution in [-0.2, 0) is 12.8 Å². The van der Waals surface area contributed by atoms with Gasteiger partial charge in [-0.3, -0.25) is 9.78 Å². The molecule has 2 aromatic rings. The van der Waals surface area contributed by atoms with Gasteiger partial charge in [-0.2, -0.15) is 0 Å². The fourth-order valence-corrected chi connectivity index (χ4v) is 2.50. The highest BCUT2D eigenvalue weighted by Gasteiger charge is 2.17.